The van der Waals surface area contributed by atoms with Crippen LogP contribution >= 0.6 is 0 Å². The Morgan fingerprint density at radius 3 is 2.19 bits per heavy atom. The van der Waals surface area contributed by atoms with Crippen LogP contribution in [0.25, 0.3) is 0 Å². The molecule has 3 rings (SSSR count). The lowest BCUT2D eigenvalue weighted by Gasteiger charge is -2.21. The van der Waals surface area contributed by atoms with Crippen LogP contribution in [0.4, 0.5) is 11.4 Å². The maximum absolute atomic E-state index is 12.8. The van der Waals surface area contributed by atoms with E-state index in [1.807, 2.05) is 71.6 Å². The lowest BCUT2D eigenvalue weighted by Crippen LogP contribution is -2.20. The van der Waals surface area contributed by atoms with E-state index in [9.17, 15) is 14.9 Å². The molecule has 32 heavy (non-hydrogen) atoms. The molecule has 6 heteroatoms. The van der Waals surface area contributed by atoms with Gasteiger partial charge in [0.1, 0.15) is 11.6 Å². The molecule has 0 radical (unpaired) electrons. The Balaban J connectivity index is 1.80. The van der Waals surface area contributed by atoms with Crippen molar-refractivity contribution < 1.29 is 14.3 Å². The van der Waals surface area contributed by atoms with Gasteiger partial charge in [0.05, 0.1) is 12.2 Å². The normalized spacial score (nSPS) is 10.7. The molecule has 1 N–H and O–H groups in total. The number of nitrogens with zero attached hydrogens (tertiary/aromatic N) is 2. The van der Waals surface area contributed by atoms with Gasteiger partial charge in [-0.2, -0.15) is 5.26 Å². The summed E-state index contributed by atoms with van der Waals surface area (Å²) >= 11 is 0. The molecule has 0 unspecified atom stereocenters. The summed E-state index contributed by atoms with van der Waals surface area (Å²) in [4.78, 5) is 26.4. The van der Waals surface area contributed by atoms with E-state index in [-0.39, 0.29) is 12.2 Å². The van der Waals surface area contributed by atoms with Gasteiger partial charge in [0.25, 0.3) is 5.91 Å². The molecule has 1 amide bonds. The Labute approximate surface area is 187 Å². The van der Waals surface area contributed by atoms with Crippen LogP contribution in [-0.4, -0.2) is 18.5 Å². The van der Waals surface area contributed by atoms with E-state index < -0.39 is 11.9 Å². The highest BCUT2D eigenvalue weighted by molar-refractivity contribution is 6.07. The Bertz CT molecular complexity index is 1120. The molecule has 0 heterocycles. The summed E-state index contributed by atoms with van der Waals surface area (Å²) in [5.41, 5.74) is 2.72. The molecule has 0 bridgehead atoms. The summed E-state index contributed by atoms with van der Waals surface area (Å²) in [5, 5.41) is 12.3. The molecule has 0 aromatic heterocycles. The van der Waals surface area contributed by atoms with Crippen LogP contribution in [0.15, 0.2) is 96.7 Å². The van der Waals surface area contributed by atoms with Crippen LogP contribution in [0.5, 0.6) is 0 Å². The number of hydrogen-bond donors (Lipinski definition) is 1. The summed E-state index contributed by atoms with van der Waals surface area (Å²) in [6, 6.07) is 27.7. The third kappa shape index (κ3) is 6.07. The molecular weight excluding hydrogens is 402 g/mol. The number of benzene rings is 3. The van der Waals surface area contributed by atoms with Gasteiger partial charge in [0, 0.05) is 24.1 Å². The van der Waals surface area contributed by atoms with Crippen molar-refractivity contribution in [2.75, 3.05) is 16.8 Å². The minimum absolute atomic E-state index is 0.0424. The first-order valence-electron chi connectivity index (χ1n) is 10.2. The van der Waals surface area contributed by atoms with Gasteiger partial charge >= 0.3 is 5.97 Å². The Kier molecular flexibility index (Phi) is 7.77. The van der Waals surface area contributed by atoms with Gasteiger partial charge in [0.2, 0.25) is 0 Å². The minimum Gasteiger partial charge on any atom is -0.462 e. The third-order valence-corrected chi connectivity index (χ3v) is 4.59. The number of carbonyl (C=O) groups excluding carboxylic acids is 2. The molecule has 3 aromatic carbocycles. The van der Waals surface area contributed by atoms with Crippen molar-refractivity contribution in [3.63, 3.8) is 0 Å². The lowest BCUT2D eigenvalue weighted by molar-refractivity contribution is -0.112. The van der Waals surface area contributed by atoms with Crippen LogP contribution in [0.2, 0.25) is 0 Å². The predicted molar refractivity (Wildman–Crippen MR) is 124 cm³/mol. The summed E-state index contributed by atoms with van der Waals surface area (Å²) in [6.07, 6.45) is 1.55. The van der Waals surface area contributed by atoms with Gasteiger partial charge in [0.15, 0.2) is 0 Å². The monoisotopic (exact) mass is 425 g/mol. The first kappa shape index (κ1) is 22.3. The first-order valence-corrected chi connectivity index (χ1v) is 10.2. The Hall–Kier alpha value is -4.37. The van der Waals surface area contributed by atoms with E-state index in [0.717, 1.165) is 11.3 Å². The predicted octanol–water partition coefficient (Wildman–Crippen LogP) is 4.92. The zero-order chi connectivity index (χ0) is 22.8. The highest BCUT2D eigenvalue weighted by Gasteiger charge is 2.14. The van der Waals surface area contributed by atoms with Crippen LogP contribution in [0.1, 0.15) is 22.8 Å². The van der Waals surface area contributed by atoms with Crippen molar-refractivity contribution in [3.05, 3.63) is 108 Å². The molecule has 0 aliphatic carbocycles. The fourth-order valence-electron chi connectivity index (χ4n) is 3.01. The number of rotatable bonds is 8. The second-order valence-corrected chi connectivity index (χ2v) is 6.86. The maximum atomic E-state index is 12.8. The first-order chi connectivity index (χ1) is 15.6. The number of nitrogens with one attached hydrogen (secondary N) is 1. The molecule has 0 saturated carbocycles. The zero-order valence-electron chi connectivity index (χ0n) is 17.7. The largest absolute Gasteiger partial charge is 0.462 e. The Morgan fingerprint density at radius 2 is 1.59 bits per heavy atom. The van der Waals surface area contributed by atoms with Gasteiger partial charge in [-0.3, -0.25) is 4.79 Å². The van der Waals surface area contributed by atoms with Crippen molar-refractivity contribution in [2.24, 2.45) is 0 Å². The highest BCUT2D eigenvalue weighted by Crippen LogP contribution is 2.19. The van der Waals surface area contributed by atoms with Crippen LogP contribution in [-0.2, 0) is 16.1 Å². The van der Waals surface area contributed by atoms with E-state index in [1.165, 1.54) is 0 Å². The van der Waals surface area contributed by atoms with Gasteiger partial charge in [-0.15, -0.1) is 0 Å². The van der Waals surface area contributed by atoms with Crippen LogP contribution in [0.3, 0.4) is 0 Å². The number of anilines is 2. The maximum Gasteiger partial charge on any atom is 0.338 e. The minimum atomic E-state index is -0.537. The average molecular weight is 425 g/mol. The van der Waals surface area contributed by atoms with Gasteiger partial charge < -0.3 is 15.0 Å². The van der Waals surface area contributed by atoms with E-state index in [2.05, 4.69) is 5.32 Å². The van der Waals surface area contributed by atoms with Gasteiger partial charge in [-0.25, -0.2) is 4.79 Å². The van der Waals surface area contributed by atoms with E-state index in [4.69, 9.17) is 4.74 Å². The highest BCUT2D eigenvalue weighted by atomic mass is 16.5. The number of carbonyl (C=O) groups is 2. The molecule has 6 nitrogen and oxygen atoms in total. The third-order valence-electron chi connectivity index (χ3n) is 4.59. The van der Waals surface area contributed by atoms with Crippen molar-refractivity contribution in [1.29, 1.82) is 5.26 Å². The lowest BCUT2D eigenvalue weighted by atomic mass is 10.1. The Morgan fingerprint density at radius 1 is 0.969 bits per heavy atom. The summed E-state index contributed by atoms with van der Waals surface area (Å²) in [5.74, 6) is -0.965. The molecule has 0 atom stereocenters. The number of hydrogen-bond acceptors (Lipinski definition) is 5. The number of nitriles is 1. The number of ether oxygens (including phenoxy) is 1. The zero-order valence-corrected chi connectivity index (χ0v) is 17.7. The van der Waals surface area contributed by atoms with Crippen molar-refractivity contribution in [1.82, 2.24) is 0 Å². The summed E-state index contributed by atoms with van der Waals surface area (Å²) < 4.78 is 4.96. The van der Waals surface area contributed by atoms with E-state index in [1.54, 1.807) is 37.4 Å². The van der Waals surface area contributed by atoms with E-state index in [0.29, 0.717) is 17.8 Å². The second-order valence-electron chi connectivity index (χ2n) is 6.86. The topological polar surface area (TPSA) is 82.4 Å². The van der Waals surface area contributed by atoms with Crippen molar-refractivity contribution in [2.45, 2.75) is 13.5 Å². The molecule has 0 spiro atoms. The molecule has 0 aliphatic heterocycles. The quantitative estimate of drug-likeness (QED) is 0.315. The molecular formula is C26H23N3O3. The van der Waals surface area contributed by atoms with E-state index >= 15 is 0 Å². The average Bonchev–Trinajstić information content (AvgIpc) is 2.83. The van der Waals surface area contributed by atoms with Crippen molar-refractivity contribution in [3.8, 4) is 6.07 Å². The molecule has 0 saturated heterocycles. The molecule has 3 aromatic rings. The summed E-state index contributed by atoms with van der Waals surface area (Å²) in [6.45, 7) is 2.52. The number of esters is 1. The molecule has 0 fully saturated rings. The van der Waals surface area contributed by atoms with Gasteiger partial charge in [-0.05, 0) is 48.9 Å². The SMILES string of the molecule is CCOC(=O)c1ccc(NC(=O)/C(C#N)=C\N(Cc2ccccc2)c2ccccc2)cc1. The van der Waals surface area contributed by atoms with Crippen molar-refractivity contribution >= 4 is 23.3 Å². The summed E-state index contributed by atoms with van der Waals surface area (Å²) in [7, 11) is 0. The number of para-hydroxylation sites is 1. The fraction of sp³-hybridized carbons (Fsp3) is 0.115. The smallest absolute Gasteiger partial charge is 0.338 e. The van der Waals surface area contributed by atoms with Gasteiger partial charge in [-0.1, -0.05) is 48.5 Å². The van der Waals surface area contributed by atoms with Crippen LogP contribution < -0.4 is 10.2 Å². The molecule has 160 valence electrons. The second kappa shape index (κ2) is 11.1. The van der Waals surface area contributed by atoms with Crippen LogP contribution in [0, 0.1) is 11.3 Å². The number of amides is 1. The standard InChI is InChI=1S/C26H23N3O3/c1-2-32-26(31)21-13-15-23(16-14-21)28-25(30)22(17-27)19-29(24-11-7-4-8-12-24)18-20-9-5-3-6-10-20/h3-16,19H,2,18H2,1H3,(H,28,30)/b22-19-. The molecule has 0 aliphatic rings. The fourth-order valence-corrected chi connectivity index (χ4v) is 3.01.